The second-order valence-electron chi connectivity index (χ2n) is 3.61. The predicted octanol–water partition coefficient (Wildman–Crippen LogP) is 2.33. The van der Waals surface area contributed by atoms with E-state index in [2.05, 4.69) is 30.3 Å². The van der Waals surface area contributed by atoms with Gasteiger partial charge in [-0.3, -0.25) is 0 Å². The molecule has 2 aliphatic rings. The molecule has 15 heavy (non-hydrogen) atoms. The van der Waals surface area contributed by atoms with E-state index in [0.29, 0.717) is 9.13 Å². The van der Waals surface area contributed by atoms with E-state index in [0.717, 1.165) is 5.17 Å². The lowest BCUT2D eigenvalue weighted by Crippen LogP contribution is -2.27. The topological polar surface area (TPSA) is 0 Å². The van der Waals surface area contributed by atoms with Gasteiger partial charge in [0.15, 0.2) is 4.33 Å². The van der Waals surface area contributed by atoms with Crippen LogP contribution in [0.15, 0.2) is 42.5 Å². The van der Waals surface area contributed by atoms with Crippen LogP contribution in [0, 0.1) is 0 Å². The number of alkyl halides is 2. The van der Waals surface area contributed by atoms with Crippen LogP contribution in [0.3, 0.4) is 0 Å². The first kappa shape index (κ1) is 9.58. The normalized spacial score (nSPS) is 20.4. The third-order valence-electron chi connectivity index (χ3n) is 2.65. The van der Waals surface area contributed by atoms with Crippen LogP contribution in [0.25, 0.3) is 5.57 Å². The molecule has 1 radical (unpaired) electrons. The number of rotatable bonds is 0. The lowest BCUT2D eigenvalue weighted by atomic mass is 9.97. The molecular weight excluding hydrogens is 243 g/mol. The monoisotopic (exact) mass is 249 g/mol. The van der Waals surface area contributed by atoms with Crippen LogP contribution in [0.5, 0.6) is 0 Å². The molecule has 0 spiro atoms. The maximum atomic E-state index is 6.27. The van der Waals surface area contributed by atoms with Crippen molar-refractivity contribution in [2.24, 2.45) is 0 Å². The molecule has 0 amide bonds. The number of halogens is 2. The fraction of sp³-hybridized carbons (Fsp3) is 0.0833. The summed E-state index contributed by atoms with van der Waals surface area (Å²) < 4.78 is -0.818. The van der Waals surface area contributed by atoms with Gasteiger partial charge in [0, 0.05) is 0 Å². The summed E-state index contributed by atoms with van der Waals surface area (Å²) in [7, 11) is 0.594. The molecule has 0 fully saturated rings. The van der Waals surface area contributed by atoms with Crippen molar-refractivity contribution in [3.8, 4) is 0 Å². The zero-order valence-electron chi connectivity index (χ0n) is 7.80. The first-order valence-corrected chi connectivity index (χ1v) is 6.46. The second kappa shape index (κ2) is 3.18. The molecule has 0 saturated heterocycles. The highest BCUT2D eigenvalue weighted by Gasteiger charge is 2.34. The van der Waals surface area contributed by atoms with Crippen LogP contribution < -0.4 is 5.19 Å². The predicted molar refractivity (Wildman–Crippen MR) is 68.4 cm³/mol. The maximum Gasteiger partial charge on any atom is 0.158 e. The summed E-state index contributed by atoms with van der Waals surface area (Å²) >= 11 is 12.5. The van der Waals surface area contributed by atoms with Gasteiger partial charge >= 0.3 is 0 Å². The highest BCUT2D eigenvalue weighted by atomic mass is 35.5. The van der Waals surface area contributed by atoms with Gasteiger partial charge in [0.05, 0.1) is 9.13 Å². The standard InChI is InChI=1S/C12H7Cl2Si/c13-12(14)7-3-5-9-8-4-1-2-6-10(8)15-11(9)12/h1-7H. The van der Waals surface area contributed by atoms with E-state index in [1.807, 2.05) is 12.2 Å². The van der Waals surface area contributed by atoms with Gasteiger partial charge in [0.1, 0.15) is 0 Å². The van der Waals surface area contributed by atoms with Crippen molar-refractivity contribution in [1.29, 1.82) is 0 Å². The van der Waals surface area contributed by atoms with Crippen LogP contribution in [0.4, 0.5) is 0 Å². The molecule has 1 aromatic rings. The number of allylic oxidation sites excluding steroid dienone is 4. The molecule has 73 valence electrons. The van der Waals surface area contributed by atoms with Crippen molar-refractivity contribution < 1.29 is 0 Å². The number of fused-ring (bicyclic) bond motifs is 3. The number of benzene rings is 1. The second-order valence-corrected chi connectivity index (χ2v) is 6.28. The van der Waals surface area contributed by atoms with Crippen molar-refractivity contribution in [3.05, 3.63) is 48.1 Å². The molecule has 0 saturated carbocycles. The quantitative estimate of drug-likeness (QED) is 0.489. The Morgan fingerprint density at radius 3 is 2.80 bits per heavy atom. The van der Waals surface area contributed by atoms with Crippen molar-refractivity contribution in [2.75, 3.05) is 0 Å². The average molecular weight is 250 g/mol. The summed E-state index contributed by atoms with van der Waals surface area (Å²) in [6.07, 6.45) is 5.87. The fourth-order valence-electron chi connectivity index (χ4n) is 1.95. The Morgan fingerprint density at radius 1 is 1.13 bits per heavy atom. The summed E-state index contributed by atoms with van der Waals surface area (Å²) in [6.45, 7) is 0. The van der Waals surface area contributed by atoms with Gasteiger partial charge in [-0.2, -0.15) is 0 Å². The lowest BCUT2D eigenvalue weighted by Gasteiger charge is -2.22. The van der Waals surface area contributed by atoms with E-state index in [9.17, 15) is 0 Å². The summed E-state index contributed by atoms with van der Waals surface area (Å²) in [6, 6.07) is 8.38. The van der Waals surface area contributed by atoms with Crippen LogP contribution in [0.2, 0.25) is 0 Å². The van der Waals surface area contributed by atoms with Gasteiger partial charge in [-0.1, -0.05) is 59.6 Å². The van der Waals surface area contributed by atoms with E-state index in [4.69, 9.17) is 23.2 Å². The molecule has 1 aliphatic heterocycles. The molecule has 0 bridgehead atoms. The van der Waals surface area contributed by atoms with Crippen molar-refractivity contribution >= 4 is 48.3 Å². The minimum absolute atomic E-state index is 0.594. The minimum atomic E-state index is -0.818. The molecule has 0 atom stereocenters. The SMILES string of the molecule is ClC1(Cl)C=CC=C2C1=[Si]c1ccccc12. The van der Waals surface area contributed by atoms with Gasteiger partial charge in [0.25, 0.3) is 0 Å². The van der Waals surface area contributed by atoms with Gasteiger partial charge in [-0.25, -0.2) is 0 Å². The fourth-order valence-corrected chi connectivity index (χ4v) is 3.98. The Bertz CT molecular complexity index is 524. The van der Waals surface area contributed by atoms with Crippen LogP contribution in [-0.4, -0.2) is 18.6 Å². The highest BCUT2D eigenvalue weighted by molar-refractivity contribution is 6.88. The Morgan fingerprint density at radius 2 is 1.93 bits per heavy atom. The zero-order valence-corrected chi connectivity index (χ0v) is 10.3. The Hall–Kier alpha value is -0.633. The van der Waals surface area contributed by atoms with Gasteiger partial charge in [0.2, 0.25) is 0 Å². The van der Waals surface area contributed by atoms with Gasteiger partial charge in [-0.05, 0) is 27.6 Å². The molecular formula is C12H7Cl2Si. The molecule has 0 N–H and O–H groups in total. The van der Waals surface area contributed by atoms with E-state index in [1.165, 1.54) is 16.3 Å². The van der Waals surface area contributed by atoms with Crippen molar-refractivity contribution in [1.82, 2.24) is 0 Å². The Kier molecular flexibility index (Phi) is 2.03. The first-order chi connectivity index (χ1) is 7.18. The van der Waals surface area contributed by atoms with E-state index in [-0.39, 0.29) is 0 Å². The van der Waals surface area contributed by atoms with E-state index in [1.54, 1.807) is 0 Å². The smallest absolute Gasteiger partial charge is 0.0920 e. The van der Waals surface area contributed by atoms with Crippen LogP contribution >= 0.6 is 23.2 Å². The zero-order chi connectivity index (χ0) is 10.5. The summed E-state index contributed by atoms with van der Waals surface area (Å²) in [5.41, 5.74) is 2.48. The summed E-state index contributed by atoms with van der Waals surface area (Å²) in [5.74, 6) is 0. The lowest BCUT2D eigenvalue weighted by molar-refractivity contribution is 1.38. The molecule has 3 heteroatoms. The molecule has 1 aliphatic carbocycles. The van der Waals surface area contributed by atoms with Crippen LogP contribution in [-0.2, 0) is 0 Å². The maximum absolute atomic E-state index is 6.27. The Balaban J connectivity index is 2.25. The van der Waals surface area contributed by atoms with Crippen LogP contribution in [0.1, 0.15) is 5.56 Å². The molecule has 0 unspecified atom stereocenters. The van der Waals surface area contributed by atoms with Crippen molar-refractivity contribution in [3.63, 3.8) is 0 Å². The largest absolute Gasteiger partial charge is 0.158 e. The molecule has 1 heterocycles. The van der Waals surface area contributed by atoms with Gasteiger partial charge in [-0.15, -0.1) is 0 Å². The third kappa shape index (κ3) is 1.38. The molecule has 0 aromatic heterocycles. The summed E-state index contributed by atoms with van der Waals surface area (Å²) in [4.78, 5) is 0. The highest BCUT2D eigenvalue weighted by Crippen LogP contribution is 2.35. The molecule has 1 aromatic carbocycles. The first-order valence-electron chi connectivity index (χ1n) is 4.70. The van der Waals surface area contributed by atoms with E-state index >= 15 is 0 Å². The Labute approximate surface area is 101 Å². The van der Waals surface area contributed by atoms with E-state index < -0.39 is 4.33 Å². The average Bonchev–Trinajstić information content (AvgIpc) is 2.58. The summed E-state index contributed by atoms with van der Waals surface area (Å²) in [5, 5.41) is 2.47. The molecule has 3 rings (SSSR count). The number of hydrogen-bond donors (Lipinski definition) is 0. The minimum Gasteiger partial charge on any atom is -0.0920 e. The molecule has 0 nitrogen and oxygen atoms in total. The van der Waals surface area contributed by atoms with Gasteiger partial charge < -0.3 is 0 Å². The third-order valence-corrected chi connectivity index (χ3v) is 5.21. The number of hydrogen-bond acceptors (Lipinski definition) is 0. The van der Waals surface area contributed by atoms with Crippen molar-refractivity contribution in [2.45, 2.75) is 4.33 Å².